The van der Waals surface area contributed by atoms with E-state index in [1.165, 1.54) is 84.0 Å². The zero-order valence-electron chi connectivity index (χ0n) is 31.8. The Bertz CT molecular complexity index is 3600. The zero-order chi connectivity index (χ0) is 38.6. The van der Waals surface area contributed by atoms with E-state index in [0.717, 1.165) is 52.4 Å². The Hall–Kier alpha value is -6.92. The molecule has 0 aliphatic heterocycles. The molecule has 1 aliphatic carbocycles. The molecule has 0 unspecified atom stereocenters. The summed E-state index contributed by atoms with van der Waals surface area (Å²) in [7, 11) is 0. The van der Waals surface area contributed by atoms with Gasteiger partial charge in [0.05, 0.1) is 22.4 Å². The maximum Gasteiger partial charge on any atom is 0.160 e. The van der Waals surface area contributed by atoms with Gasteiger partial charge in [-0.1, -0.05) is 103 Å². The maximum absolute atomic E-state index is 5.33. The predicted molar refractivity (Wildman–Crippen MR) is 253 cm³/mol. The minimum Gasteiger partial charge on any atom is -0.309 e. The highest BCUT2D eigenvalue weighted by atomic mass is 32.1. The number of nitrogens with zero attached hydrogens (tertiary/aromatic N) is 3. The molecule has 0 radical (unpaired) electrons. The predicted octanol–water partition coefficient (Wildman–Crippen LogP) is 15.4. The van der Waals surface area contributed by atoms with E-state index in [-0.39, 0.29) is 0 Å². The standard InChI is InChI=1S/C54H33N3S2/c1-3-11-38-32(9-1)19-25-46-52(38)53-39-12-4-2-10-33(39)20-26-47(53)57(46)37-23-17-34(18-24-37)44-31-45(35-21-27-50-42(29-35)40-13-5-7-15-48(40)58-50)56-54(55-44)36-22-28-51-43(30-36)41-14-6-8-16-49(41)59-51/h1-3,5-11,13-31H,4,12H2. The topological polar surface area (TPSA) is 30.7 Å². The van der Waals surface area contributed by atoms with Gasteiger partial charge in [-0.05, 0) is 108 Å². The molecule has 59 heavy (non-hydrogen) atoms. The van der Waals surface area contributed by atoms with Gasteiger partial charge in [0.2, 0.25) is 0 Å². The Kier molecular flexibility index (Phi) is 7.17. The van der Waals surface area contributed by atoms with Crippen LogP contribution < -0.4 is 0 Å². The lowest BCUT2D eigenvalue weighted by molar-refractivity contribution is 0.997. The summed E-state index contributed by atoms with van der Waals surface area (Å²) >= 11 is 3.67. The van der Waals surface area contributed by atoms with Crippen LogP contribution in [-0.2, 0) is 6.42 Å². The Morgan fingerprint density at radius 2 is 1.05 bits per heavy atom. The first-order valence-corrected chi connectivity index (χ1v) is 21.8. The van der Waals surface area contributed by atoms with Crippen molar-refractivity contribution in [2.75, 3.05) is 0 Å². The third-order valence-corrected chi connectivity index (χ3v) is 14.6. The molecule has 0 fully saturated rings. The molecule has 3 nitrogen and oxygen atoms in total. The van der Waals surface area contributed by atoms with Crippen molar-refractivity contribution in [1.29, 1.82) is 0 Å². The van der Waals surface area contributed by atoms with Gasteiger partial charge in [-0.3, -0.25) is 0 Å². The van der Waals surface area contributed by atoms with Crippen LogP contribution >= 0.6 is 22.7 Å². The van der Waals surface area contributed by atoms with Crippen LogP contribution in [0.4, 0.5) is 0 Å². The third-order valence-electron chi connectivity index (χ3n) is 12.3. The molecule has 0 saturated carbocycles. The van der Waals surface area contributed by atoms with Gasteiger partial charge in [-0.25, -0.2) is 9.97 Å². The first-order chi connectivity index (χ1) is 29.2. The number of fused-ring (bicyclic) bond motifs is 13. The molecular weight excluding hydrogens is 755 g/mol. The van der Waals surface area contributed by atoms with Crippen LogP contribution in [0.1, 0.15) is 17.5 Å². The van der Waals surface area contributed by atoms with Crippen LogP contribution in [0.2, 0.25) is 0 Å². The highest BCUT2D eigenvalue weighted by molar-refractivity contribution is 7.26. The quantitative estimate of drug-likeness (QED) is 0.178. The third kappa shape index (κ3) is 5.12. The van der Waals surface area contributed by atoms with E-state index in [9.17, 15) is 0 Å². The number of thiophene rings is 2. The molecule has 5 heteroatoms. The average molecular weight is 788 g/mol. The van der Waals surface area contributed by atoms with Crippen LogP contribution in [-0.4, -0.2) is 14.5 Å². The number of hydrogen-bond donors (Lipinski definition) is 0. The van der Waals surface area contributed by atoms with Crippen molar-refractivity contribution >= 4 is 102 Å². The van der Waals surface area contributed by atoms with Crippen molar-refractivity contribution in [3.05, 3.63) is 181 Å². The molecule has 4 heterocycles. The molecule has 0 saturated heterocycles. The summed E-state index contributed by atoms with van der Waals surface area (Å²) in [5.74, 6) is 0.724. The van der Waals surface area contributed by atoms with Gasteiger partial charge in [0.1, 0.15) is 0 Å². The summed E-state index contributed by atoms with van der Waals surface area (Å²) in [6.45, 7) is 0. The number of allylic oxidation sites excluding steroid dienone is 1. The van der Waals surface area contributed by atoms with Crippen LogP contribution in [0.5, 0.6) is 0 Å². The summed E-state index contributed by atoms with van der Waals surface area (Å²) in [5, 5.41) is 10.3. The second kappa shape index (κ2) is 12.8. The first kappa shape index (κ1) is 33.1. The maximum atomic E-state index is 5.33. The van der Waals surface area contributed by atoms with E-state index in [2.05, 4.69) is 181 Å². The Balaban J connectivity index is 0.994. The smallest absolute Gasteiger partial charge is 0.160 e. The number of benzene rings is 8. The minimum absolute atomic E-state index is 0.724. The van der Waals surface area contributed by atoms with Gasteiger partial charge in [0, 0.05) is 73.5 Å². The fourth-order valence-corrected chi connectivity index (χ4v) is 11.7. The van der Waals surface area contributed by atoms with E-state index in [4.69, 9.17) is 9.97 Å². The normalized spacial score (nSPS) is 12.9. The summed E-state index contributed by atoms with van der Waals surface area (Å²) in [6.07, 6.45) is 6.72. The van der Waals surface area contributed by atoms with E-state index < -0.39 is 0 Å². The molecule has 0 N–H and O–H groups in total. The number of aryl methyl sites for hydroxylation is 1. The fourth-order valence-electron chi connectivity index (χ4n) is 9.50. The van der Waals surface area contributed by atoms with Gasteiger partial charge in [0.15, 0.2) is 5.82 Å². The van der Waals surface area contributed by atoms with Crippen molar-refractivity contribution in [3.8, 4) is 39.6 Å². The second-order valence-electron chi connectivity index (χ2n) is 15.6. The van der Waals surface area contributed by atoms with Crippen molar-refractivity contribution < 1.29 is 0 Å². The summed E-state index contributed by atoms with van der Waals surface area (Å²) in [5.41, 5.74) is 11.4. The zero-order valence-corrected chi connectivity index (χ0v) is 33.4. The van der Waals surface area contributed by atoms with Crippen LogP contribution in [0.3, 0.4) is 0 Å². The second-order valence-corrected chi connectivity index (χ2v) is 17.8. The van der Waals surface area contributed by atoms with Gasteiger partial charge < -0.3 is 4.57 Å². The molecule has 1 aliphatic rings. The van der Waals surface area contributed by atoms with Crippen LogP contribution in [0, 0.1) is 0 Å². The van der Waals surface area contributed by atoms with Gasteiger partial charge >= 0.3 is 0 Å². The van der Waals surface area contributed by atoms with E-state index in [1.807, 2.05) is 22.7 Å². The monoisotopic (exact) mass is 787 g/mol. The van der Waals surface area contributed by atoms with Crippen molar-refractivity contribution in [2.45, 2.75) is 12.8 Å². The Morgan fingerprint density at radius 1 is 0.458 bits per heavy atom. The molecule has 0 amide bonds. The highest BCUT2D eigenvalue weighted by Gasteiger charge is 2.21. The highest BCUT2D eigenvalue weighted by Crippen LogP contribution is 2.43. The molecule has 4 aromatic heterocycles. The number of aromatic nitrogens is 3. The molecule has 276 valence electrons. The van der Waals surface area contributed by atoms with Crippen molar-refractivity contribution in [3.63, 3.8) is 0 Å². The average Bonchev–Trinajstić information content (AvgIpc) is 3.98. The Morgan fingerprint density at radius 3 is 1.81 bits per heavy atom. The van der Waals surface area contributed by atoms with Crippen molar-refractivity contribution in [1.82, 2.24) is 14.5 Å². The first-order valence-electron chi connectivity index (χ1n) is 20.2. The van der Waals surface area contributed by atoms with Crippen LogP contribution in [0.25, 0.3) is 119 Å². The summed E-state index contributed by atoms with van der Waals surface area (Å²) < 4.78 is 7.60. The fraction of sp³-hybridized carbons (Fsp3) is 0.0370. The van der Waals surface area contributed by atoms with E-state index in [0.29, 0.717) is 0 Å². The Labute approximate surface area is 347 Å². The molecule has 8 aromatic carbocycles. The van der Waals surface area contributed by atoms with Gasteiger partial charge in [0.25, 0.3) is 0 Å². The summed E-state index contributed by atoms with van der Waals surface area (Å²) in [6, 6.07) is 60.0. The van der Waals surface area contributed by atoms with Crippen LogP contribution in [0.15, 0.2) is 170 Å². The summed E-state index contributed by atoms with van der Waals surface area (Å²) in [4.78, 5) is 10.6. The lowest BCUT2D eigenvalue weighted by Crippen LogP contribution is -1.98. The molecule has 12 aromatic rings. The number of rotatable bonds is 4. The largest absolute Gasteiger partial charge is 0.309 e. The molecular formula is C54H33N3S2. The van der Waals surface area contributed by atoms with E-state index >= 15 is 0 Å². The number of hydrogen-bond acceptors (Lipinski definition) is 4. The molecule has 0 atom stereocenters. The molecule has 0 bridgehead atoms. The lowest BCUT2D eigenvalue weighted by atomic mass is 9.92. The minimum atomic E-state index is 0.724. The lowest BCUT2D eigenvalue weighted by Gasteiger charge is -2.14. The van der Waals surface area contributed by atoms with Gasteiger partial charge in [-0.15, -0.1) is 22.7 Å². The van der Waals surface area contributed by atoms with Crippen molar-refractivity contribution in [2.24, 2.45) is 0 Å². The van der Waals surface area contributed by atoms with Gasteiger partial charge in [-0.2, -0.15) is 0 Å². The molecule has 0 spiro atoms. The molecule has 13 rings (SSSR count). The SMILES string of the molecule is C1=Cc2ccc3c(c2CC1)c1c2ccccc2ccc1n3-c1ccc(-c2cc(-c3ccc4sc5ccccc5c4c3)nc(-c3ccc4sc5ccccc5c4c3)n2)cc1. The van der Waals surface area contributed by atoms with E-state index in [1.54, 1.807) is 0 Å².